The lowest BCUT2D eigenvalue weighted by Gasteiger charge is -2.16. The number of fused-ring (bicyclic) bond motifs is 2. The molecule has 162 valence electrons. The van der Waals surface area contributed by atoms with Crippen molar-refractivity contribution in [2.45, 2.75) is 38.3 Å². The monoisotopic (exact) mass is 428 g/mol. The fraction of sp³-hybridized carbons (Fsp3) is 0.348. The third-order valence-corrected chi connectivity index (χ3v) is 6.07. The lowest BCUT2D eigenvalue weighted by atomic mass is 10.1. The summed E-state index contributed by atoms with van der Waals surface area (Å²) in [7, 11) is 0. The first-order valence-corrected chi connectivity index (χ1v) is 11.1. The Bertz CT molecular complexity index is 1310. The molecule has 2 aliphatic rings. The van der Waals surface area contributed by atoms with Crippen LogP contribution in [0.25, 0.3) is 21.9 Å². The molecular formula is C23H24N8O. The van der Waals surface area contributed by atoms with Crippen LogP contribution in [0.3, 0.4) is 0 Å². The molecule has 3 aromatic heterocycles. The predicted molar refractivity (Wildman–Crippen MR) is 123 cm³/mol. The number of hydrogen-bond acceptors (Lipinski definition) is 7. The summed E-state index contributed by atoms with van der Waals surface area (Å²) in [6.45, 7) is 2.13. The summed E-state index contributed by atoms with van der Waals surface area (Å²) in [6.07, 6.45) is 7.43. The minimum atomic E-state index is 0.226. The summed E-state index contributed by atoms with van der Waals surface area (Å²) in [6, 6.07) is 10.5. The van der Waals surface area contributed by atoms with Gasteiger partial charge in [0.2, 0.25) is 11.9 Å². The van der Waals surface area contributed by atoms with E-state index in [4.69, 9.17) is 9.97 Å². The molecule has 9 heteroatoms. The van der Waals surface area contributed by atoms with Gasteiger partial charge in [-0.1, -0.05) is 24.3 Å². The summed E-state index contributed by atoms with van der Waals surface area (Å²) in [4.78, 5) is 32.5. The van der Waals surface area contributed by atoms with Crippen molar-refractivity contribution >= 4 is 45.4 Å². The second-order valence-corrected chi connectivity index (χ2v) is 8.41. The summed E-state index contributed by atoms with van der Waals surface area (Å²) < 4.78 is 2.00. The van der Waals surface area contributed by atoms with Crippen LogP contribution in [0.15, 0.2) is 42.9 Å². The maximum Gasteiger partial charge on any atom is 0.232 e. The molecule has 6 rings (SSSR count). The van der Waals surface area contributed by atoms with Crippen LogP contribution in [0.4, 0.5) is 17.6 Å². The van der Waals surface area contributed by atoms with Gasteiger partial charge in [-0.3, -0.25) is 4.79 Å². The van der Waals surface area contributed by atoms with Gasteiger partial charge in [0.05, 0.1) is 6.33 Å². The number of nitrogens with zero attached hydrogens (tertiary/aromatic N) is 6. The fourth-order valence-corrected chi connectivity index (χ4v) is 4.18. The van der Waals surface area contributed by atoms with Crippen LogP contribution in [0.5, 0.6) is 0 Å². The van der Waals surface area contributed by atoms with Crippen LogP contribution in [0.1, 0.15) is 25.7 Å². The standard InChI is InChI=1S/C23H24N8O/c32-18-6-3-11-30(18)12-13-31-14-25-19-21(26-16-7-8-16)28-23(29-22(19)31)27-20-17-5-2-1-4-15(17)9-10-24-20/h1-2,4-5,9-10,14,16H,3,6-8,11-13H2,(H2,24,26,27,28,29). The minimum absolute atomic E-state index is 0.226. The maximum atomic E-state index is 12.0. The Hall–Kier alpha value is -3.75. The number of aromatic nitrogens is 5. The Kier molecular flexibility index (Phi) is 4.59. The molecule has 0 spiro atoms. The maximum absolute atomic E-state index is 12.0. The van der Waals surface area contributed by atoms with Crippen LogP contribution < -0.4 is 10.6 Å². The average molecular weight is 429 g/mol. The van der Waals surface area contributed by atoms with Crippen molar-refractivity contribution in [1.29, 1.82) is 0 Å². The van der Waals surface area contributed by atoms with Crippen LogP contribution in [-0.2, 0) is 11.3 Å². The highest BCUT2D eigenvalue weighted by Crippen LogP contribution is 2.30. The van der Waals surface area contributed by atoms with E-state index in [1.54, 1.807) is 12.5 Å². The molecule has 0 radical (unpaired) electrons. The normalized spacial score (nSPS) is 16.2. The van der Waals surface area contributed by atoms with Gasteiger partial charge in [0.1, 0.15) is 5.82 Å². The molecule has 1 amide bonds. The number of nitrogens with one attached hydrogen (secondary N) is 2. The lowest BCUT2D eigenvalue weighted by Crippen LogP contribution is -2.28. The number of carbonyl (C=O) groups excluding carboxylic acids is 1. The Morgan fingerprint density at radius 3 is 2.78 bits per heavy atom. The van der Waals surface area contributed by atoms with Crippen molar-refractivity contribution in [3.05, 3.63) is 42.9 Å². The minimum Gasteiger partial charge on any atom is -0.365 e. The highest BCUT2D eigenvalue weighted by Gasteiger charge is 2.25. The van der Waals surface area contributed by atoms with Gasteiger partial charge in [-0.05, 0) is 30.7 Å². The Labute approximate surface area is 184 Å². The molecule has 2 fully saturated rings. The van der Waals surface area contributed by atoms with E-state index in [-0.39, 0.29) is 5.91 Å². The van der Waals surface area contributed by atoms with E-state index >= 15 is 0 Å². The molecule has 4 heterocycles. The first kappa shape index (κ1) is 19.0. The number of carbonyl (C=O) groups is 1. The number of pyridine rings is 1. The quantitative estimate of drug-likeness (QED) is 0.466. The molecule has 0 unspecified atom stereocenters. The zero-order valence-electron chi connectivity index (χ0n) is 17.7. The van der Waals surface area contributed by atoms with Gasteiger partial charge in [0.15, 0.2) is 17.0 Å². The number of amides is 1. The van der Waals surface area contributed by atoms with E-state index in [0.717, 1.165) is 53.6 Å². The summed E-state index contributed by atoms with van der Waals surface area (Å²) >= 11 is 0. The van der Waals surface area contributed by atoms with Crippen molar-refractivity contribution in [1.82, 2.24) is 29.4 Å². The molecule has 2 N–H and O–H groups in total. The van der Waals surface area contributed by atoms with E-state index in [2.05, 4.69) is 26.7 Å². The summed E-state index contributed by atoms with van der Waals surface area (Å²) in [5.74, 6) is 2.15. The zero-order chi connectivity index (χ0) is 21.5. The van der Waals surface area contributed by atoms with Crippen molar-refractivity contribution in [2.75, 3.05) is 23.7 Å². The van der Waals surface area contributed by atoms with E-state index in [9.17, 15) is 4.79 Å². The number of rotatable bonds is 7. The van der Waals surface area contributed by atoms with Crippen molar-refractivity contribution < 1.29 is 4.79 Å². The topological polar surface area (TPSA) is 101 Å². The average Bonchev–Trinajstić information content (AvgIpc) is 3.38. The number of hydrogen-bond donors (Lipinski definition) is 2. The molecule has 4 aromatic rings. The number of likely N-dealkylation sites (tertiary alicyclic amines) is 1. The molecule has 9 nitrogen and oxygen atoms in total. The first-order chi connectivity index (χ1) is 15.7. The Balaban J connectivity index is 1.35. The number of anilines is 3. The van der Waals surface area contributed by atoms with Gasteiger partial charge in [0, 0.05) is 43.7 Å². The molecular weight excluding hydrogens is 404 g/mol. The molecule has 1 saturated heterocycles. The predicted octanol–water partition coefficient (Wildman–Crippen LogP) is 3.31. The lowest BCUT2D eigenvalue weighted by molar-refractivity contribution is -0.127. The van der Waals surface area contributed by atoms with Crippen LogP contribution in [0, 0.1) is 0 Å². The largest absolute Gasteiger partial charge is 0.365 e. The van der Waals surface area contributed by atoms with E-state index in [1.807, 2.05) is 33.7 Å². The van der Waals surface area contributed by atoms with Crippen LogP contribution in [0.2, 0.25) is 0 Å². The molecule has 1 aliphatic carbocycles. The van der Waals surface area contributed by atoms with Crippen molar-refractivity contribution in [3.8, 4) is 0 Å². The van der Waals surface area contributed by atoms with Crippen LogP contribution in [-0.4, -0.2) is 54.4 Å². The van der Waals surface area contributed by atoms with Gasteiger partial charge < -0.3 is 20.1 Å². The Morgan fingerprint density at radius 2 is 1.94 bits per heavy atom. The number of imidazole rings is 1. The Morgan fingerprint density at radius 1 is 1.03 bits per heavy atom. The smallest absolute Gasteiger partial charge is 0.232 e. The molecule has 1 saturated carbocycles. The molecule has 0 bridgehead atoms. The van der Waals surface area contributed by atoms with E-state index in [0.29, 0.717) is 37.3 Å². The van der Waals surface area contributed by atoms with Gasteiger partial charge in [-0.2, -0.15) is 9.97 Å². The summed E-state index contributed by atoms with van der Waals surface area (Å²) in [5, 5.41) is 8.91. The molecule has 1 aliphatic heterocycles. The SMILES string of the molecule is O=C1CCCN1CCn1cnc2c(NC3CC3)nc(Nc3nccc4ccccc34)nc21. The fourth-order valence-electron chi connectivity index (χ4n) is 4.18. The third kappa shape index (κ3) is 3.59. The highest BCUT2D eigenvalue weighted by molar-refractivity contribution is 5.93. The van der Waals surface area contributed by atoms with Crippen molar-refractivity contribution in [2.24, 2.45) is 0 Å². The summed E-state index contributed by atoms with van der Waals surface area (Å²) in [5.41, 5.74) is 1.50. The second-order valence-electron chi connectivity index (χ2n) is 8.41. The van der Waals surface area contributed by atoms with E-state index in [1.165, 1.54) is 0 Å². The first-order valence-electron chi connectivity index (χ1n) is 11.1. The van der Waals surface area contributed by atoms with Crippen molar-refractivity contribution in [3.63, 3.8) is 0 Å². The van der Waals surface area contributed by atoms with Gasteiger partial charge in [0.25, 0.3) is 0 Å². The third-order valence-electron chi connectivity index (χ3n) is 6.07. The van der Waals surface area contributed by atoms with Gasteiger partial charge in [-0.25, -0.2) is 9.97 Å². The second kappa shape index (κ2) is 7.74. The molecule has 0 atom stereocenters. The molecule has 1 aromatic carbocycles. The molecule has 32 heavy (non-hydrogen) atoms. The number of benzene rings is 1. The van der Waals surface area contributed by atoms with Crippen LogP contribution >= 0.6 is 0 Å². The highest BCUT2D eigenvalue weighted by atomic mass is 16.2. The van der Waals surface area contributed by atoms with Gasteiger partial charge >= 0.3 is 0 Å². The zero-order valence-corrected chi connectivity index (χ0v) is 17.7. The van der Waals surface area contributed by atoms with E-state index < -0.39 is 0 Å². The van der Waals surface area contributed by atoms with Gasteiger partial charge in [-0.15, -0.1) is 0 Å².